The number of oxazole rings is 1. The highest BCUT2D eigenvalue weighted by molar-refractivity contribution is 5.40. The molecule has 0 amide bonds. The van der Waals surface area contributed by atoms with Crippen molar-refractivity contribution >= 4 is 5.88 Å². The molecule has 0 aromatic carbocycles. The minimum Gasteiger partial charge on any atom is -0.424 e. The van der Waals surface area contributed by atoms with Crippen molar-refractivity contribution in [1.29, 1.82) is 5.26 Å². The van der Waals surface area contributed by atoms with E-state index in [4.69, 9.17) is 15.4 Å². The Labute approximate surface area is 82.7 Å². The summed E-state index contributed by atoms with van der Waals surface area (Å²) in [6.45, 7) is 0. The van der Waals surface area contributed by atoms with E-state index in [1.807, 2.05) is 6.07 Å². The van der Waals surface area contributed by atoms with E-state index in [-0.39, 0.29) is 11.6 Å². The zero-order valence-electron chi connectivity index (χ0n) is 7.99. The Balaban J connectivity index is 2.19. The fraction of sp³-hybridized carbons (Fsp3) is 0.600. The van der Waals surface area contributed by atoms with Gasteiger partial charge >= 0.3 is 0 Å². The molecule has 1 saturated carbocycles. The molecule has 1 aliphatic carbocycles. The summed E-state index contributed by atoms with van der Waals surface area (Å²) in [7, 11) is 0. The van der Waals surface area contributed by atoms with Gasteiger partial charge in [0.15, 0.2) is 0 Å². The first kappa shape index (κ1) is 9.07. The Bertz CT molecular complexity index is 358. The van der Waals surface area contributed by atoms with Gasteiger partial charge in [-0.25, -0.2) is 4.98 Å². The Morgan fingerprint density at radius 1 is 1.36 bits per heavy atom. The molecule has 4 nitrogen and oxygen atoms in total. The number of nitrogens with two attached hydrogens (primary N) is 1. The number of rotatable bonds is 1. The lowest BCUT2D eigenvalue weighted by atomic mass is 9.89. The minimum atomic E-state index is 0.160. The first-order valence-electron chi connectivity index (χ1n) is 4.97. The van der Waals surface area contributed by atoms with Gasteiger partial charge in [-0.05, 0) is 12.8 Å². The third-order valence-corrected chi connectivity index (χ3v) is 2.73. The van der Waals surface area contributed by atoms with Crippen molar-refractivity contribution in [3.63, 3.8) is 0 Å². The number of nitrogen functional groups attached to an aromatic ring is 1. The van der Waals surface area contributed by atoms with Crippen LogP contribution in [0.15, 0.2) is 4.42 Å². The molecule has 14 heavy (non-hydrogen) atoms. The lowest BCUT2D eigenvalue weighted by Crippen LogP contribution is -2.04. The highest BCUT2D eigenvalue weighted by Crippen LogP contribution is 2.33. The largest absolute Gasteiger partial charge is 0.424 e. The Morgan fingerprint density at radius 3 is 2.64 bits per heavy atom. The molecule has 74 valence electrons. The zero-order chi connectivity index (χ0) is 9.97. The van der Waals surface area contributed by atoms with Gasteiger partial charge in [-0.3, -0.25) is 0 Å². The molecule has 1 fully saturated rings. The van der Waals surface area contributed by atoms with Gasteiger partial charge in [0.05, 0.1) is 0 Å². The second-order valence-corrected chi connectivity index (χ2v) is 3.71. The first-order chi connectivity index (χ1) is 6.81. The maximum Gasteiger partial charge on any atom is 0.229 e. The molecule has 0 unspecified atom stereocenters. The Kier molecular flexibility index (Phi) is 2.40. The number of aromatic nitrogens is 1. The smallest absolute Gasteiger partial charge is 0.229 e. The summed E-state index contributed by atoms with van der Waals surface area (Å²) in [5.74, 6) is 1.18. The molecule has 2 rings (SSSR count). The van der Waals surface area contributed by atoms with Crippen LogP contribution in [0.1, 0.15) is 49.6 Å². The molecule has 0 aliphatic heterocycles. The summed E-state index contributed by atoms with van der Waals surface area (Å²) in [6.07, 6.45) is 5.93. The van der Waals surface area contributed by atoms with Crippen molar-refractivity contribution in [1.82, 2.24) is 4.98 Å². The highest BCUT2D eigenvalue weighted by atomic mass is 16.4. The van der Waals surface area contributed by atoms with Crippen molar-refractivity contribution in [3.05, 3.63) is 11.6 Å². The molecule has 2 N–H and O–H groups in total. The van der Waals surface area contributed by atoms with Gasteiger partial charge in [0, 0.05) is 5.92 Å². The molecule has 1 aromatic rings. The summed E-state index contributed by atoms with van der Waals surface area (Å²) in [5.41, 5.74) is 5.73. The first-order valence-corrected chi connectivity index (χ1v) is 4.97. The van der Waals surface area contributed by atoms with Crippen LogP contribution in [0.4, 0.5) is 5.88 Å². The maximum absolute atomic E-state index is 8.68. The van der Waals surface area contributed by atoms with E-state index in [1.165, 1.54) is 19.3 Å². The van der Waals surface area contributed by atoms with Crippen LogP contribution < -0.4 is 5.73 Å². The summed E-state index contributed by atoms with van der Waals surface area (Å²) in [6, 6.07) is 1.92. The van der Waals surface area contributed by atoms with Crippen molar-refractivity contribution in [2.75, 3.05) is 5.73 Å². The van der Waals surface area contributed by atoms with Crippen LogP contribution in [0.3, 0.4) is 0 Å². The van der Waals surface area contributed by atoms with Gasteiger partial charge in [0.1, 0.15) is 6.07 Å². The number of nitriles is 1. The topological polar surface area (TPSA) is 75.8 Å². The normalized spacial score (nSPS) is 17.9. The van der Waals surface area contributed by atoms with Crippen molar-refractivity contribution < 1.29 is 4.42 Å². The van der Waals surface area contributed by atoms with Crippen molar-refractivity contribution in [2.45, 2.75) is 38.0 Å². The van der Waals surface area contributed by atoms with Crippen LogP contribution >= 0.6 is 0 Å². The molecular formula is C10H13N3O. The molecule has 0 spiro atoms. The van der Waals surface area contributed by atoms with E-state index in [0.29, 0.717) is 11.8 Å². The second-order valence-electron chi connectivity index (χ2n) is 3.71. The van der Waals surface area contributed by atoms with E-state index in [0.717, 1.165) is 12.8 Å². The third-order valence-electron chi connectivity index (χ3n) is 2.73. The minimum absolute atomic E-state index is 0.160. The lowest BCUT2D eigenvalue weighted by molar-refractivity contribution is 0.368. The van der Waals surface area contributed by atoms with Gasteiger partial charge in [-0.2, -0.15) is 5.26 Å². The zero-order valence-corrected chi connectivity index (χ0v) is 7.99. The van der Waals surface area contributed by atoms with Crippen molar-refractivity contribution in [2.24, 2.45) is 0 Å². The van der Waals surface area contributed by atoms with Crippen LogP contribution in [0.2, 0.25) is 0 Å². The standard InChI is InChI=1S/C10H13N3O/c11-6-8-9(12)14-10(13-8)7-4-2-1-3-5-7/h7H,1-5,12H2. The van der Waals surface area contributed by atoms with Crippen LogP contribution in [-0.4, -0.2) is 4.98 Å². The number of anilines is 1. The fourth-order valence-corrected chi connectivity index (χ4v) is 1.95. The van der Waals surface area contributed by atoms with E-state index >= 15 is 0 Å². The summed E-state index contributed by atoms with van der Waals surface area (Å²) >= 11 is 0. The van der Waals surface area contributed by atoms with Gasteiger partial charge in [-0.15, -0.1) is 0 Å². The molecule has 1 heterocycles. The maximum atomic E-state index is 8.68. The van der Waals surface area contributed by atoms with Crippen LogP contribution in [-0.2, 0) is 0 Å². The molecule has 4 heteroatoms. The summed E-state index contributed by atoms with van der Waals surface area (Å²) in [5, 5.41) is 8.68. The van der Waals surface area contributed by atoms with Crippen LogP contribution in [0.5, 0.6) is 0 Å². The van der Waals surface area contributed by atoms with Gasteiger partial charge in [0.2, 0.25) is 17.5 Å². The highest BCUT2D eigenvalue weighted by Gasteiger charge is 2.22. The van der Waals surface area contributed by atoms with Crippen molar-refractivity contribution in [3.8, 4) is 6.07 Å². The predicted molar refractivity (Wildman–Crippen MR) is 51.5 cm³/mol. The van der Waals surface area contributed by atoms with Gasteiger partial charge in [0.25, 0.3) is 0 Å². The van der Waals surface area contributed by atoms with E-state index in [1.54, 1.807) is 0 Å². The van der Waals surface area contributed by atoms with Gasteiger partial charge in [-0.1, -0.05) is 19.3 Å². The summed E-state index contributed by atoms with van der Waals surface area (Å²) < 4.78 is 5.29. The quantitative estimate of drug-likeness (QED) is 0.738. The molecule has 0 radical (unpaired) electrons. The van der Waals surface area contributed by atoms with E-state index in [2.05, 4.69) is 4.98 Å². The monoisotopic (exact) mass is 191 g/mol. The number of nitrogens with zero attached hydrogens (tertiary/aromatic N) is 2. The number of hydrogen-bond donors (Lipinski definition) is 1. The van der Waals surface area contributed by atoms with Crippen LogP contribution in [0.25, 0.3) is 0 Å². The fourth-order valence-electron chi connectivity index (χ4n) is 1.95. The molecule has 0 saturated heterocycles. The average Bonchev–Trinajstić information content (AvgIpc) is 2.61. The van der Waals surface area contributed by atoms with Gasteiger partial charge < -0.3 is 10.2 Å². The SMILES string of the molecule is N#Cc1nc(C2CCCCC2)oc1N. The molecular weight excluding hydrogens is 178 g/mol. The van der Waals surface area contributed by atoms with E-state index < -0.39 is 0 Å². The lowest BCUT2D eigenvalue weighted by Gasteiger charge is -2.17. The number of hydrogen-bond acceptors (Lipinski definition) is 4. The molecule has 1 aliphatic rings. The Morgan fingerprint density at radius 2 is 2.07 bits per heavy atom. The second kappa shape index (κ2) is 3.70. The average molecular weight is 191 g/mol. The van der Waals surface area contributed by atoms with Crippen LogP contribution in [0, 0.1) is 11.3 Å². The predicted octanol–water partition coefficient (Wildman–Crippen LogP) is 2.18. The molecule has 0 atom stereocenters. The Hall–Kier alpha value is -1.50. The van der Waals surface area contributed by atoms with E-state index in [9.17, 15) is 0 Å². The third kappa shape index (κ3) is 1.58. The summed E-state index contributed by atoms with van der Waals surface area (Å²) in [4.78, 5) is 4.10. The molecule has 1 aromatic heterocycles. The molecule has 0 bridgehead atoms.